The summed E-state index contributed by atoms with van der Waals surface area (Å²) in [4.78, 5) is 2.72. The zero-order valence-corrected chi connectivity index (χ0v) is 8.84. The Hall–Kier alpha value is -0.0400. The zero-order chi connectivity index (χ0) is 9.10. The van der Waals surface area contributed by atoms with E-state index < -0.39 is 0 Å². The standard InChI is InChI=1S/C12H22N/c1-2-3-8-12-11-6-4-9-13(12)10-5-7-11/h8,11-12H,2-7,9-10H2,1H3. The molecule has 1 atom stereocenters. The highest BCUT2D eigenvalue weighted by Crippen LogP contribution is 2.33. The van der Waals surface area contributed by atoms with Crippen LogP contribution in [0.25, 0.3) is 0 Å². The van der Waals surface area contributed by atoms with Gasteiger partial charge in [-0.2, -0.15) is 0 Å². The molecule has 13 heavy (non-hydrogen) atoms. The first kappa shape index (κ1) is 9.51. The molecule has 0 saturated carbocycles. The predicted molar refractivity (Wildman–Crippen MR) is 56.5 cm³/mol. The van der Waals surface area contributed by atoms with Gasteiger partial charge < -0.3 is 0 Å². The van der Waals surface area contributed by atoms with Crippen LogP contribution in [0.15, 0.2) is 0 Å². The van der Waals surface area contributed by atoms with Crippen LogP contribution >= 0.6 is 0 Å². The van der Waals surface area contributed by atoms with E-state index in [1.54, 1.807) is 0 Å². The predicted octanol–water partition coefficient (Wildman–Crippen LogP) is 2.87. The molecule has 2 bridgehead atoms. The summed E-state index contributed by atoms with van der Waals surface area (Å²) in [5.41, 5.74) is 0. The molecule has 2 aliphatic heterocycles. The number of nitrogens with zero attached hydrogens (tertiary/aromatic N) is 1. The van der Waals surface area contributed by atoms with E-state index in [9.17, 15) is 0 Å². The molecule has 0 amide bonds. The topological polar surface area (TPSA) is 3.24 Å². The van der Waals surface area contributed by atoms with Gasteiger partial charge in [0.1, 0.15) is 0 Å². The summed E-state index contributed by atoms with van der Waals surface area (Å²) < 4.78 is 0. The molecule has 0 N–H and O–H groups in total. The van der Waals surface area contributed by atoms with Gasteiger partial charge in [-0.3, -0.25) is 4.90 Å². The van der Waals surface area contributed by atoms with Gasteiger partial charge in [0.25, 0.3) is 0 Å². The van der Waals surface area contributed by atoms with Crippen molar-refractivity contribution in [2.45, 2.75) is 51.5 Å². The maximum Gasteiger partial charge on any atom is 0.0155 e. The summed E-state index contributed by atoms with van der Waals surface area (Å²) in [7, 11) is 0. The largest absolute Gasteiger partial charge is 0.300 e. The summed E-state index contributed by atoms with van der Waals surface area (Å²) in [5, 5.41) is 0. The van der Waals surface area contributed by atoms with E-state index in [0.29, 0.717) is 0 Å². The second-order valence-corrected chi connectivity index (χ2v) is 4.60. The monoisotopic (exact) mass is 180 g/mol. The van der Waals surface area contributed by atoms with Crippen molar-refractivity contribution in [1.82, 2.24) is 4.90 Å². The summed E-state index contributed by atoms with van der Waals surface area (Å²) >= 11 is 0. The molecule has 2 heterocycles. The Kier molecular flexibility index (Phi) is 3.26. The highest BCUT2D eigenvalue weighted by atomic mass is 15.2. The molecule has 2 rings (SSSR count). The van der Waals surface area contributed by atoms with Crippen LogP contribution in [-0.2, 0) is 0 Å². The van der Waals surface area contributed by atoms with Crippen molar-refractivity contribution in [2.75, 3.05) is 13.1 Å². The molecule has 2 fully saturated rings. The van der Waals surface area contributed by atoms with Gasteiger partial charge in [0.2, 0.25) is 0 Å². The number of unbranched alkanes of at least 4 members (excludes halogenated alkanes) is 1. The Bertz CT molecular complexity index is 133. The van der Waals surface area contributed by atoms with E-state index in [2.05, 4.69) is 18.2 Å². The van der Waals surface area contributed by atoms with Crippen LogP contribution < -0.4 is 0 Å². The zero-order valence-electron chi connectivity index (χ0n) is 8.84. The Morgan fingerprint density at radius 3 is 2.46 bits per heavy atom. The van der Waals surface area contributed by atoms with Gasteiger partial charge in [0, 0.05) is 6.04 Å². The van der Waals surface area contributed by atoms with Crippen LogP contribution in [0, 0.1) is 12.3 Å². The summed E-state index contributed by atoms with van der Waals surface area (Å²) in [5.74, 6) is 1.01. The van der Waals surface area contributed by atoms with Crippen LogP contribution in [0.2, 0.25) is 0 Å². The second-order valence-electron chi connectivity index (χ2n) is 4.60. The van der Waals surface area contributed by atoms with Gasteiger partial charge in [0.05, 0.1) is 0 Å². The molecule has 0 aliphatic carbocycles. The fraction of sp³-hybridized carbons (Fsp3) is 0.917. The van der Waals surface area contributed by atoms with Crippen molar-refractivity contribution >= 4 is 0 Å². The molecular formula is C12H22N. The van der Waals surface area contributed by atoms with Crippen molar-refractivity contribution in [1.29, 1.82) is 0 Å². The van der Waals surface area contributed by atoms with Crippen LogP contribution in [0.4, 0.5) is 0 Å². The lowest BCUT2D eigenvalue weighted by molar-refractivity contribution is 0.0668. The maximum absolute atomic E-state index is 2.72. The van der Waals surface area contributed by atoms with Crippen LogP contribution in [0.5, 0.6) is 0 Å². The average Bonchev–Trinajstić information content (AvgIpc) is 2.14. The molecule has 0 spiro atoms. The number of rotatable bonds is 3. The maximum atomic E-state index is 2.72. The van der Waals surface area contributed by atoms with Crippen LogP contribution in [-0.4, -0.2) is 24.0 Å². The average molecular weight is 180 g/mol. The molecule has 1 heteroatoms. The Morgan fingerprint density at radius 2 is 1.92 bits per heavy atom. The van der Waals surface area contributed by atoms with E-state index in [-0.39, 0.29) is 0 Å². The highest BCUT2D eigenvalue weighted by molar-refractivity contribution is 4.96. The first-order valence-corrected chi connectivity index (χ1v) is 5.99. The van der Waals surface area contributed by atoms with E-state index in [1.165, 1.54) is 51.6 Å². The molecule has 1 unspecified atom stereocenters. The molecule has 2 saturated heterocycles. The third-order valence-corrected chi connectivity index (χ3v) is 3.64. The summed E-state index contributed by atoms with van der Waals surface area (Å²) in [6.07, 6.45) is 11.1. The lowest BCUT2D eigenvalue weighted by Gasteiger charge is -2.45. The molecule has 75 valence electrons. The van der Waals surface area contributed by atoms with Gasteiger partial charge in [0.15, 0.2) is 0 Å². The summed E-state index contributed by atoms with van der Waals surface area (Å²) in [6.45, 7) is 5.01. The molecule has 0 aromatic carbocycles. The minimum absolute atomic E-state index is 0.849. The number of hydrogen-bond donors (Lipinski definition) is 0. The molecule has 2 aliphatic rings. The van der Waals surface area contributed by atoms with E-state index in [1.807, 2.05) is 0 Å². The van der Waals surface area contributed by atoms with Gasteiger partial charge in [-0.05, 0) is 57.5 Å². The van der Waals surface area contributed by atoms with Crippen molar-refractivity contribution in [3.63, 3.8) is 0 Å². The smallest absolute Gasteiger partial charge is 0.0155 e. The van der Waals surface area contributed by atoms with Crippen LogP contribution in [0.3, 0.4) is 0 Å². The third-order valence-electron chi connectivity index (χ3n) is 3.64. The van der Waals surface area contributed by atoms with E-state index in [4.69, 9.17) is 0 Å². The number of fused-ring (bicyclic) bond motifs is 2. The number of piperidine rings is 2. The first-order valence-electron chi connectivity index (χ1n) is 5.99. The SMILES string of the molecule is CCC[CH]C1C2CCCN1CCC2. The third kappa shape index (κ3) is 2.07. The Morgan fingerprint density at radius 1 is 1.23 bits per heavy atom. The quantitative estimate of drug-likeness (QED) is 0.645. The molecule has 0 aromatic rings. The lowest BCUT2D eigenvalue weighted by atomic mass is 9.80. The van der Waals surface area contributed by atoms with Crippen molar-refractivity contribution in [2.24, 2.45) is 5.92 Å². The Labute approximate surface area is 82.5 Å². The first-order chi connectivity index (χ1) is 6.42. The van der Waals surface area contributed by atoms with Crippen LogP contribution in [0.1, 0.15) is 45.4 Å². The van der Waals surface area contributed by atoms with E-state index >= 15 is 0 Å². The molecule has 0 aromatic heterocycles. The minimum Gasteiger partial charge on any atom is -0.300 e. The highest BCUT2D eigenvalue weighted by Gasteiger charge is 2.33. The summed E-state index contributed by atoms with van der Waals surface area (Å²) in [6, 6.07) is 0.849. The van der Waals surface area contributed by atoms with Crippen molar-refractivity contribution in [3.8, 4) is 0 Å². The Balaban J connectivity index is 1.90. The number of hydrogen-bond acceptors (Lipinski definition) is 1. The van der Waals surface area contributed by atoms with Gasteiger partial charge >= 0.3 is 0 Å². The van der Waals surface area contributed by atoms with E-state index in [0.717, 1.165) is 12.0 Å². The van der Waals surface area contributed by atoms with Gasteiger partial charge in [-0.25, -0.2) is 0 Å². The van der Waals surface area contributed by atoms with Crippen molar-refractivity contribution < 1.29 is 0 Å². The second kappa shape index (κ2) is 4.45. The fourth-order valence-corrected chi connectivity index (χ4v) is 2.99. The van der Waals surface area contributed by atoms with Gasteiger partial charge in [-0.15, -0.1) is 0 Å². The molecule has 1 nitrogen and oxygen atoms in total. The molecule has 1 radical (unpaired) electrons. The normalized spacial score (nSPS) is 39.0. The van der Waals surface area contributed by atoms with Crippen molar-refractivity contribution in [3.05, 3.63) is 6.42 Å². The lowest BCUT2D eigenvalue weighted by Crippen LogP contribution is -2.49. The minimum atomic E-state index is 0.849. The van der Waals surface area contributed by atoms with Gasteiger partial charge in [-0.1, -0.05) is 13.3 Å². The fourth-order valence-electron chi connectivity index (χ4n) is 2.99. The molecular weight excluding hydrogens is 158 g/mol.